The van der Waals surface area contributed by atoms with Crippen molar-refractivity contribution >= 4 is 0 Å². The van der Waals surface area contributed by atoms with Gasteiger partial charge in [-0.25, -0.2) is 0 Å². The van der Waals surface area contributed by atoms with E-state index in [1.807, 2.05) is 23.9 Å². The minimum absolute atomic E-state index is 0.324. The van der Waals surface area contributed by atoms with Gasteiger partial charge in [-0.3, -0.25) is 9.80 Å². The summed E-state index contributed by atoms with van der Waals surface area (Å²) in [6.07, 6.45) is 0. The average molecular weight is 236 g/mol. The van der Waals surface area contributed by atoms with E-state index < -0.39 is 0 Å². The quantitative estimate of drug-likeness (QED) is 0.569. The molecule has 0 aromatic carbocycles. The predicted molar refractivity (Wildman–Crippen MR) is 55.0 cm³/mol. The minimum Gasteiger partial charge on any atom is -0.340 e. The summed E-state index contributed by atoms with van der Waals surface area (Å²) in [5.41, 5.74) is 0. The van der Waals surface area contributed by atoms with Crippen molar-refractivity contribution in [1.82, 2.24) is 9.80 Å². The Kier molecular flexibility index (Phi) is 7.60. The third-order valence-corrected chi connectivity index (χ3v) is 1.75. The van der Waals surface area contributed by atoms with Crippen molar-refractivity contribution in [2.45, 2.75) is 0 Å². The molecule has 16 heavy (non-hydrogen) atoms. The van der Waals surface area contributed by atoms with Gasteiger partial charge >= 0.3 is 0 Å². The van der Waals surface area contributed by atoms with Crippen LogP contribution in [0, 0.1) is 0 Å². The Hall–Kier alpha value is -0.280. The number of ether oxygens (including phenoxy) is 5. The minimum atomic E-state index is 0.324. The van der Waals surface area contributed by atoms with E-state index in [-0.39, 0.29) is 0 Å². The highest BCUT2D eigenvalue weighted by atomic mass is 16.7. The van der Waals surface area contributed by atoms with Gasteiger partial charge in [0.15, 0.2) is 13.6 Å². The van der Waals surface area contributed by atoms with Gasteiger partial charge in [0.2, 0.25) is 0 Å². The normalized spacial score (nSPS) is 25.1. The highest BCUT2D eigenvalue weighted by Crippen LogP contribution is 1.92. The number of hydrogen-bond donors (Lipinski definition) is 0. The van der Waals surface area contributed by atoms with Gasteiger partial charge in [0.1, 0.15) is 33.7 Å². The number of nitrogens with zero attached hydrogens (tertiary/aromatic N) is 2. The van der Waals surface area contributed by atoms with E-state index >= 15 is 0 Å². The maximum Gasteiger partial charge on any atom is 0.151 e. The lowest BCUT2D eigenvalue weighted by Crippen LogP contribution is -2.30. The molecule has 0 aromatic rings. The van der Waals surface area contributed by atoms with E-state index in [0.29, 0.717) is 47.3 Å². The Morgan fingerprint density at radius 2 is 0.875 bits per heavy atom. The first-order chi connectivity index (χ1) is 7.79. The Balaban J connectivity index is 0.000000165. The second-order valence-corrected chi connectivity index (χ2v) is 3.60. The molecule has 2 aliphatic rings. The fourth-order valence-corrected chi connectivity index (χ4v) is 1.06. The lowest BCUT2D eigenvalue weighted by Gasteiger charge is -2.21. The molecule has 2 aliphatic heterocycles. The molecule has 2 rings (SSSR count). The van der Waals surface area contributed by atoms with E-state index in [1.54, 1.807) is 0 Å². The Morgan fingerprint density at radius 1 is 0.562 bits per heavy atom. The highest BCUT2D eigenvalue weighted by Gasteiger charge is 2.02. The summed E-state index contributed by atoms with van der Waals surface area (Å²) in [6, 6.07) is 0. The molecule has 0 unspecified atom stereocenters. The van der Waals surface area contributed by atoms with Gasteiger partial charge in [0, 0.05) is 0 Å². The van der Waals surface area contributed by atoms with Gasteiger partial charge in [-0.15, -0.1) is 0 Å². The van der Waals surface area contributed by atoms with E-state index in [4.69, 9.17) is 23.7 Å². The Morgan fingerprint density at radius 3 is 1.25 bits per heavy atom. The van der Waals surface area contributed by atoms with E-state index in [9.17, 15) is 0 Å². The van der Waals surface area contributed by atoms with Crippen molar-refractivity contribution in [1.29, 1.82) is 0 Å². The average Bonchev–Trinajstić information content (AvgIpc) is 2.26. The summed E-state index contributed by atoms with van der Waals surface area (Å²) >= 11 is 0. The van der Waals surface area contributed by atoms with Crippen LogP contribution in [0.1, 0.15) is 0 Å². The SMILES string of the molecule is CN1COCOC1.CN1COCOCOC1. The monoisotopic (exact) mass is 236 g/mol. The molecule has 2 fully saturated rings. The molecular weight excluding hydrogens is 216 g/mol. The van der Waals surface area contributed by atoms with Crippen LogP contribution in [0.25, 0.3) is 0 Å². The summed E-state index contributed by atoms with van der Waals surface area (Å²) in [5.74, 6) is 0. The van der Waals surface area contributed by atoms with Crippen LogP contribution in [0.4, 0.5) is 0 Å². The zero-order valence-electron chi connectivity index (χ0n) is 9.89. The van der Waals surface area contributed by atoms with Gasteiger partial charge in [0.25, 0.3) is 0 Å². The van der Waals surface area contributed by atoms with Crippen molar-refractivity contribution < 1.29 is 23.7 Å². The molecule has 0 amide bonds. The molecule has 0 saturated carbocycles. The molecule has 0 spiro atoms. The van der Waals surface area contributed by atoms with Crippen LogP contribution in [-0.4, -0.2) is 71.2 Å². The third-order valence-electron chi connectivity index (χ3n) is 1.75. The first-order valence-corrected chi connectivity index (χ1v) is 5.05. The molecule has 0 radical (unpaired) electrons. The molecule has 96 valence electrons. The van der Waals surface area contributed by atoms with Crippen molar-refractivity contribution in [3.63, 3.8) is 0 Å². The van der Waals surface area contributed by atoms with Crippen LogP contribution >= 0.6 is 0 Å². The van der Waals surface area contributed by atoms with Gasteiger partial charge in [-0.2, -0.15) is 0 Å². The topological polar surface area (TPSA) is 52.6 Å². The van der Waals surface area contributed by atoms with Crippen molar-refractivity contribution in [3.05, 3.63) is 0 Å². The fourth-order valence-electron chi connectivity index (χ4n) is 1.06. The van der Waals surface area contributed by atoms with Crippen molar-refractivity contribution in [3.8, 4) is 0 Å². The van der Waals surface area contributed by atoms with Gasteiger partial charge in [-0.05, 0) is 14.1 Å². The van der Waals surface area contributed by atoms with E-state index in [2.05, 4.69) is 0 Å². The maximum atomic E-state index is 5.01. The highest BCUT2D eigenvalue weighted by molar-refractivity contribution is 4.34. The van der Waals surface area contributed by atoms with E-state index in [0.717, 1.165) is 0 Å². The third kappa shape index (κ3) is 7.07. The molecule has 7 heteroatoms. The zero-order chi connectivity index (χ0) is 11.6. The summed E-state index contributed by atoms with van der Waals surface area (Å²) in [7, 11) is 3.87. The standard InChI is InChI=1S/C5H11NO3.C4H9NO2/c1-6-2-7-4-9-5-8-3-6;1-5-2-6-4-7-3-5/h2-5H2,1H3;2-4H2,1H3. The van der Waals surface area contributed by atoms with Crippen LogP contribution in [-0.2, 0) is 23.7 Å². The second kappa shape index (κ2) is 8.82. The first kappa shape index (κ1) is 13.8. The van der Waals surface area contributed by atoms with Crippen LogP contribution in [0.5, 0.6) is 0 Å². The molecule has 0 aliphatic carbocycles. The Labute approximate surface area is 95.7 Å². The van der Waals surface area contributed by atoms with Crippen LogP contribution < -0.4 is 0 Å². The lowest BCUT2D eigenvalue weighted by atomic mass is 10.9. The Bertz CT molecular complexity index is 158. The molecule has 2 heterocycles. The smallest absolute Gasteiger partial charge is 0.151 e. The summed E-state index contributed by atoms with van der Waals surface area (Å²) < 4.78 is 24.6. The molecule has 0 N–H and O–H groups in total. The van der Waals surface area contributed by atoms with Crippen LogP contribution in [0.15, 0.2) is 0 Å². The number of rotatable bonds is 0. The molecule has 0 bridgehead atoms. The number of hydrogen-bond acceptors (Lipinski definition) is 7. The maximum absolute atomic E-state index is 5.01. The van der Waals surface area contributed by atoms with Gasteiger partial charge < -0.3 is 23.7 Å². The lowest BCUT2D eigenvalue weighted by molar-refractivity contribution is -0.197. The molecule has 7 nitrogen and oxygen atoms in total. The molecule has 0 atom stereocenters. The van der Waals surface area contributed by atoms with Gasteiger partial charge in [0.05, 0.1) is 0 Å². The fraction of sp³-hybridized carbons (Fsp3) is 1.00. The molecule has 2 saturated heterocycles. The first-order valence-electron chi connectivity index (χ1n) is 5.05. The summed E-state index contributed by atoms with van der Waals surface area (Å²) in [5, 5.41) is 0. The second-order valence-electron chi connectivity index (χ2n) is 3.60. The van der Waals surface area contributed by atoms with Crippen molar-refractivity contribution in [2.24, 2.45) is 0 Å². The van der Waals surface area contributed by atoms with Crippen LogP contribution in [0.2, 0.25) is 0 Å². The molecular formula is C9H20N2O5. The van der Waals surface area contributed by atoms with Crippen molar-refractivity contribution in [2.75, 3.05) is 61.4 Å². The van der Waals surface area contributed by atoms with Crippen LogP contribution in [0.3, 0.4) is 0 Å². The zero-order valence-corrected chi connectivity index (χ0v) is 9.89. The van der Waals surface area contributed by atoms with E-state index in [1.165, 1.54) is 0 Å². The molecule has 0 aromatic heterocycles. The largest absolute Gasteiger partial charge is 0.340 e. The summed E-state index contributed by atoms with van der Waals surface area (Å²) in [4.78, 5) is 3.87. The predicted octanol–water partition coefficient (Wildman–Crippen LogP) is -0.351. The summed E-state index contributed by atoms with van der Waals surface area (Å²) in [6.45, 7) is 3.62. The van der Waals surface area contributed by atoms with Gasteiger partial charge in [-0.1, -0.05) is 0 Å².